The Kier molecular flexibility index (Phi) is 5.51. The molecule has 1 saturated carbocycles. The summed E-state index contributed by atoms with van der Waals surface area (Å²) in [5, 5.41) is 0. The second kappa shape index (κ2) is 7.64. The lowest BCUT2D eigenvalue weighted by Gasteiger charge is -2.38. The number of carbonyl (C=O) groups is 1. The van der Waals surface area contributed by atoms with Crippen molar-refractivity contribution in [2.75, 3.05) is 26.2 Å². The zero-order chi connectivity index (χ0) is 17.9. The highest BCUT2D eigenvalue weighted by atomic mass is 19.4. The van der Waals surface area contributed by atoms with Gasteiger partial charge in [-0.25, -0.2) is 0 Å². The van der Waals surface area contributed by atoms with E-state index < -0.39 is 6.36 Å². The van der Waals surface area contributed by atoms with E-state index in [1.165, 1.54) is 49.9 Å². The van der Waals surface area contributed by atoms with Crippen LogP contribution >= 0.6 is 0 Å². The maximum atomic E-state index is 12.4. The van der Waals surface area contributed by atoms with E-state index in [0.717, 1.165) is 26.2 Å². The average Bonchev–Trinajstić information content (AvgIpc) is 3.10. The standard InChI is InChI=1S/C18H23F3N2O2/c19-18(20,21)25-16-7-5-14(6-8-16)13-17(24)23-11-9-22(10-12-23)15-3-1-2-4-15/h5-8,15H,1-4,9-13H2. The maximum absolute atomic E-state index is 12.4. The lowest BCUT2D eigenvalue weighted by molar-refractivity contribution is -0.274. The molecule has 0 radical (unpaired) electrons. The average molecular weight is 356 g/mol. The zero-order valence-corrected chi connectivity index (χ0v) is 14.1. The van der Waals surface area contributed by atoms with Crippen LogP contribution in [0.5, 0.6) is 5.75 Å². The van der Waals surface area contributed by atoms with E-state index in [0.29, 0.717) is 11.6 Å². The molecule has 0 bridgehead atoms. The molecule has 1 aromatic rings. The van der Waals surface area contributed by atoms with Gasteiger partial charge in [-0.1, -0.05) is 25.0 Å². The molecule has 0 aromatic heterocycles. The number of hydrogen-bond acceptors (Lipinski definition) is 3. The van der Waals surface area contributed by atoms with Gasteiger partial charge < -0.3 is 9.64 Å². The molecule has 1 aromatic carbocycles. The van der Waals surface area contributed by atoms with Crippen LogP contribution in [-0.2, 0) is 11.2 Å². The monoisotopic (exact) mass is 356 g/mol. The van der Waals surface area contributed by atoms with E-state index in [4.69, 9.17) is 0 Å². The van der Waals surface area contributed by atoms with Crippen LogP contribution < -0.4 is 4.74 Å². The molecule has 4 nitrogen and oxygen atoms in total. The van der Waals surface area contributed by atoms with Gasteiger partial charge in [0.25, 0.3) is 0 Å². The van der Waals surface area contributed by atoms with Crippen molar-refractivity contribution < 1.29 is 22.7 Å². The Morgan fingerprint density at radius 3 is 2.20 bits per heavy atom. The molecule has 3 rings (SSSR count). The summed E-state index contributed by atoms with van der Waals surface area (Å²) >= 11 is 0. The molecule has 2 aliphatic rings. The maximum Gasteiger partial charge on any atom is 0.573 e. The Morgan fingerprint density at radius 2 is 1.64 bits per heavy atom. The SMILES string of the molecule is O=C(Cc1ccc(OC(F)(F)F)cc1)N1CCN(C2CCCC2)CC1. The molecular weight excluding hydrogens is 333 g/mol. The number of alkyl halides is 3. The van der Waals surface area contributed by atoms with Gasteiger partial charge in [0.2, 0.25) is 5.91 Å². The van der Waals surface area contributed by atoms with Crippen molar-refractivity contribution in [2.24, 2.45) is 0 Å². The summed E-state index contributed by atoms with van der Waals surface area (Å²) in [4.78, 5) is 16.7. The number of amides is 1. The Hall–Kier alpha value is -1.76. The largest absolute Gasteiger partial charge is 0.573 e. The van der Waals surface area contributed by atoms with E-state index >= 15 is 0 Å². The van der Waals surface area contributed by atoms with E-state index in [1.807, 2.05) is 4.90 Å². The molecule has 1 aliphatic heterocycles. The minimum Gasteiger partial charge on any atom is -0.406 e. The first-order chi connectivity index (χ1) is 11.9. The number of nitrogens with zero attached hydrogens (tertiary/aromatic N) is 2. The molecule has 0 unspecified atom stereocenters. The normalized spacial score (nSPS) is 20.0. The van der Waals surface area contributed by atoms with Crippen molar-refractivity contribution in [3.63, 3.8) is 0 Å². The molecular formula is C18H23F3N2O2. The van der Waals surface area contributed by atoms with Crippen LogP contribution in [0.15, 0.2) is 24.3 Å². The van der Waals surface area contributed by atoms with Crippen LogP contribution in [0.3, 0.4) is 0 Å². The molecule has 1 heterocycles. The summed E-state index contributed by atoms with van der Waals surface area (Å²) in [6, 6.07) is 6.18. The summed E-state index contributed by atoms with van der Waals surface area (Å²) in [6.07, 6.45) is 0.641. The first-order valence-electron chi connectivity index (χ1n) is 8.77. The van der Waals surface area contributed by atoms with Crippen LogP contribution in [0, 0.1) is 0 Å². The number of rotatable bonds is 4. The topological polar surface area (TPSA) is 32.8 Å². The van der Waals surface area contributed by atoms with Crippen LogP contribution in [-0.4, -0.2) is 54.3 Å². The Bertz CT molecular complexity index is 575. The van der Waals surface area contributed by atoms with Gasteiger partial charge in [0.1, 0.15) is 5.75 Å². The molecule has 0 atom stereocenters. The number of piperazine rings is 1. The third kappa shape index (κ3) is 5.11. The predicted molar refractivity (Wildman–Crippen MR) is 87.2 cm³/mol. The number of ether oxygens (including phenoxy) is 1. The van der Waals surface area contributed by atoms with Crippen molar-refractivity contribution in [2.45, 2.75) is 44.5 Å². The van der Waals surface area contributed by atoms with E-state index in [9.17, 15) is 18.0 Å². The molecule has 1 saturated heterocycles. The van der Waals surface area contributed by atoms with Gasteiger partial charge in [-0.15, -0.1) is 13.2 Å². The fraction of sp³-hybridized carbons (Fsp3) is 0.611. The molecule has 2 fully saturated rings. The number of benzene rings is 1. The summed E-state index contributed by atoms with van der Waals surface area (Å²) in [7, 11) is 0. The van der Waals surface area contributed by atoms with Gasteiger partial charge in [-0.05, 0) is 30.5 Å². The highest BCUT2D eigenvalue weighted by molar-refractivity contribution is 5.79. The van der Waals surface area contributed by atoms with Crippen LogP contribution in [0.1, 0.15) is 31.2 Å². The minimum absolute atomic E-state index is 0.0237. The quantitative estimate of drug-likeness (QED) is 0.831. The minimum atomic E-state index is -4.70. The Balaban J connectivity index is 1.47. The molecule has 138 valence electrons. The second-order valence-corrected chi connectivity index (χ2v) is 6.72. The van der Waals surface area contributed by atoms with Gasteiger partial charge in [0.05, 0.1) is 6.42 Å². The lowest BCUT2D eigenvalue weighted by Crippen LogP contribution is -2.51. The Labute approximate surface area is 145 Å². The Morgan fingerprint density at radius 1 is 1.04 bits per heavy atom. The molecule has 25 heavy (non-hydrogen) atoms. The molecule has 0 N–H and O–H groups in total. The van der Waals surface area contributed by atoms with Crippen molar-refractivity contribution in [1.82, 2.24) is 9.80 Å². The van der Waals surface area contributed by atoms with Crippen molar-refractivity contribution >= 4 is 5.91 Å². The summed E-state index contributed by atoms with van der Waals surface area (Å²) in [5.41, 5.74) is 0.692. The molecule has 0 spiro atoms. The fourth-order valence-electron chi connectivity index (χ4n) is 3.70. The number of halogens is 3. The fourth-order valence-corrected chi connectivity index (χ4v) is 3.70. The van der Waals surface area contributed by atoms with Crippen molar-refractivity contribution in [1.29, 1.82) is 0 Å². The van der Waals surface area contributed by atoms with E-state index in [1.54, 1.807) is 0 Å². The van der Waals surface area contributed by atoms with Gasteiger partial charge in [0.15, 0.2) is 0 Å². The van der Waals surface area contributed by atoms with Crippen LogP contribution in [0.4, 0.5) is 13.2 Å². The summed E-state index contributed by atoms with van der Waals surface area (Å²) in [6.45, 7) is 3.28. The van der Waals surface area contributed by atoms with Gasteiger partial charge in [-0.3, -0.25) is 9.69 Å². The van der Waals surface area contributed by atoms with Crippen molar-refractivity contribution in [3.8, 4) is 5.75 Å². The van der Waals surface area contributed by atoms with Gasteiger partial charge >= 0.3 is 6.36 Å². The molecule has 1 amide bonds. The highest BCUT2D eigenvalue weighted by Crippen LogP contribution is 2.25. The van der Waals surface area contributed by atoms with Crippen LogP contribution in [0.2, 0.25) is 0 Å². The lowest BCUT2D eigenvalue weighted by atomic mass is 10.1. The van der Waals surface area contributed by atoms with E-state index in [-0.39, 0.29) is 18.1 Å². The first kappa shape index (κ1) is 18.0. The number of hydrogen-bond donors (Lipinski definition) is 0. The van der Waals surface area contributed by atoms with Gasteiger partial charge in [0, 0.05) is 32.2 Å². The van der Waals surface area contributed by atoms with E-state index in [2.05, 4.69) is 9.64 Å². The number of carbonyl (C=O) groups excluding carboxylic acids is 1. The third-order valence-electron chi connectivity index (χ3n) is 5.02. The molecule has 7 heteroatoms. The highest BCUT2D eigenvalue weighted by Gasteiger charge is 2.31. The van der Waals surface area contributed by atoms with Gasteiger partial charge in [-0.2, -0.15) is 0 Å². The summed E-state index contributed by atoms with van der Waals surface area (Å²) in [5.74, 6) is -0.246. The predicted octanol–water partition coefficient (Wildman–Crippen LogP) is 3.21. The summed E-state index contributed by atoms with van der Waals surface area (Å²) < 4.78 is 40.3. The zero-order valence-electron chi connectivity index (χ0n) is 14.1. The van der Waals surface area contributed by atoms with Crippen molar-refractivity contribution in [3.05, 3.63) is 29.8 Å². The second-order valence-electron chi connectivity index (χ2n) is 6.72. The first-order valence-corrected chi connectivity index (χ1v) is 8.77. The third-order valence-corrected chi connectivity index (χ3v) is 5.02. The smallest absolute Gasteiger partial charge is 0.406 e. The molecule has 1 aliphatic carbocycles. The van der Waals surface area contributed by atoms with Crippen LogP contribution in [0.25, 0.3) is 0 Å².